The van der Waals surface area contributed by atoms with E-state index in [9.17, 15) is 40.9 Å². The van der Waals surface area contributed by atoms with E-state index in [4.69, 9.17) is 28.4 Å². The summed E-state index contributed by atoms with van der Waals surface area (Å²) in [5.41, 5.74) is -0.302. The summed E-state index contributed by atoms with van der Waals surface area (Å²) < 4.78 is 37.5. The maximum absolute atomic E-state index is 12.3. The number of ether oxygens (including phenoxy) is 6. The molecule has 21 atom stereocenters. The van der Waals surface area contributed by atoms with Crippen molar-refractivity contribution in [2.24, 2.45) is 51.2 Å². The highest BCUT2D eigenvalue weighted by molar-refractivity contribution is 5.27. The molecule has 0 amide bonds. The largest absolute Gasteiger partial charge is 0.394 e. The monoisotopic (exact) mass is 796 g/mol. The number of hydrogen-bond acceptors (Lipinski definition) is 14. The second-order valence-corrected chi connectivity index (χ2v) is 20.5. The second-order valence-electron chi connectivity index (χ2n) is 20.5. The zero-order chi connectivity index (χ0) is 40.5. The average Bonchev–Trinajstić information content (AvgIpc) is 3.67. The van der Waals surface area contributed by atoms with E-state index < -0.39 is 86.0 Å². The van der Waals surface area contributed by atoms with E-state index in [0.29, 0.717) is 31.5 Å². The summed E-state index contributed by atoms with van der Waals surface area (Å²) in [6.07, 6.45) is -6.79. The first kappa shape index (κ1) is 41.9. The van der Waals surface area contributed by atoms with Gasteiger partial charge in [-0.05, 0) is 93.3 Å². The first-order valence-corrected chi connectivity index (χ1v) is 21.1. The van der Waals surface area contributed by atoms with Crippen LogP contribution in [0.3, 0.4) is 0 Å². The van der Waals surface area contributed by atoms with Crippen LogP contribution in [0.5, 0.6) is 0 Å². The number of aliphatic hydroxyl groups is 8. The minimum Gasteiger partial charge on any atom is -0.394 e. The normalized spacial score (nSPS) is 57.4. The summed E-state index contributed by atoms with van der Waals surface area (Å²) in [6.45, 7) is 15.4. The molecule has 320 valence electrons. The Labute approximate surface area is 330 Å². The first-order valence-electron chi connectivity index (χ1n) is 21.1. The molecule has 14 nitrogen and oxygen atoms in total. The molecule has 8 aliphatic rings. The van der Waals surface area contributed by atoms with Crippen molar-refractivity contribution < 1.29 is 69.3 Å². The highest BCUT2D eigenvalue weighted by Gasteiger charge is 2.81. The quantitative estimate of drug-likeness (QED) is 0.135. The molecule has 2 spiro atoms. The third-order valence-electron chi connectivity index (χ3n) is 17.3. The van der Waals surface area contributed by atoms with Crippen LogP contribution in [0, 0.1) is 51.2 Å². The van der Waals surface area contributed by atoms with Crippen LogP contribution in [0.25, 0.3) is 0 Å². The Bertz CT molecular complexity index is 1500. The van der Waals surface area contributed by atoms with E-state index in [1.807, 2.05) is 6.92 Å². The molecule has 8 rings (SSSR count). The Morgan fingerprint density at radius 2 is 1.39 bits per heavy atom. The number of allylic oxidation sites excluding steroid dienone is 1. The fourth-order valence-electron chi connectivity index (χ4n) is 14.6. The Morgan fingerprint density at radius 1 is 0.732 bits per heavy atom. The standard InChI is InChI=1S/C42H68O14/c1-20(2)14-21-17-51-42-18-41(19-52-42)22(34(42)40(21,7)50)8-9-26-38(5)12-11-27(37(3,4)25(38)10-13-39(26,41)6)55-36-32(49)33(29(46)24(16-44)54-36)56-35-31(48)30(47)28(45)23(15-43)53-35/h14,21-36,43-50H,8-13,15-19H2,1-7H3/t21-,22?,23?,24?,25?,26?,27-,28+,29+,30?,31-,32-,33?,34?,35-,36-,38-,39+,40?,41-,42+/m0/s1. The van der Waals surface area contributed by atoms with Crippen LogP contribution < -0.4 is 0 Å². The third kappa shape index (κ3) is 5.79. The van der Waals surface area contributed by atoms with Gasteiger partial charge in [0.1, 0.15) is 48.8 Å². The van der Waals surface area contributed by atoms with Gasteiger partial charge in [0, 0.05) is 23.7 Å². The van der Waals surface area contributed by atoms with E-state index in [2.05, 4.69) is 47.6 Å². The molecule has 56 heavy (non-hydrogen) atoms. The lowest BCUT2D eigenvalue weighted by atomic mass is 9.35. The molecule has 2 bridgehead atoms. The molecule has 4 aliphatic carbocycles. The summed E-state index contributed by atoms with van der Waals surface area (Å²) >= 11 is 0. The Morgan fingerprint density at radius 3 is 2.05 bits per heavy atom. The van der Waals surface area contributed by atoms with Gasteiger partial charge in [-0.15, -0.1) is 0 Å². The van der Waals surface area contributed by atoms with E-state index in [1.54, 1.807) is 0 Å². The van der Waals surface area contributed by atoms with Crippen LogP contribution in [0.15, 0.2) is 11.6 Å². The maximum Gasteiger partial charge on any atom is 0.187 e. The van der Waals surface area contributed by atoms with Gasteiger partial charge in [-0.25, -0.2) is 0 Å². The van der Waals surface area contributed by atoms with Gasteiger partial charge in [0.15, 0.2) is 18.4 Å². The fraction of sp³-hybridized carbons (Fsp3) is 0.952. The molecule has 0 aromatic carbocycles. The molecule has 4 aliphatic heterocycles. The van der Waals surface area contributed by atoms with Crippen LogP contribution in [-0.4, -0.2) is 146 Å². The van der Waals surface area contributed by atoms with Crippen molar-refractivity contribution >= 4 is 0 Å². The number of rotatable bonds is 7. The van der Waals surface area contributed by atoms with Gasteiger partial charge >= 0.3 is 0 Å². The van der Waals surface area contributed by atoms with E-state index in [1.165, 1.54) is 5.57 Å². The summed E-state index contributed by atoms with van der Waals surface area (Å²) in [5.74, 6) is 0.0262. The summed E-state index contributed by atoms with van der Waals surface area (Å²) in [4.78, 5) is 0. The van der Waals surface area contributed by atoms with Gasteiger partial charge < -0.3 is 69.3 Å². The van der Waals surface area contributed by atoms with Crippen LogP contribution in [0.4, 0.5) is 0 Å². The first-order chi connectivity index (χ1) is 26.2. The molecule has 0 aromatic rings. The minimum absolute atomic E-state index is 0.0284. The van der Waals surface area contributed by atoms with Gasteiger partial charge in [-0.1, -0.05) is 39.3 Å². The van der Waals surface area contributed by atoms with E-state index in [-0.39, 0.29) is 45.5 Å². The van der Waals surface area contributed by atoms with E-state index in [0.717, 1.165) is 38.5 Å². The topological polar surface area (TPSA) is 217 Å². The molecule has 0 aromatic heterocycles. The number of hydrogen-bond donors (Lipinski definition) is 8. The Kier molecular flexibility index (Phi) is 10.6. The Balaban J connectivity index is 1.01. The highest BCUT2D eigenvalue weighted by Crippen LogP contribution is 2.80. The summed E-state index contributed by atoms with van der Waals surface area (Å²) in [7, 11) is 0. The van der Waals surface area contributed by atoms with E-state index >= 15 is 0 Å². The van der Waals surface area contributed by atoms with Crippen LogP contribution in [0.1, 0.15) is 93.4 Å². The van der Waals surface area contributed by atoms with Crippen molar-refractivity contribution in [3.63, 3.8) is 0 Å². The van der Waals surface area contributed by atoms with Gasteiger partial charge in [0.25, 0.3) is 0 Å². The summed E-state index contributed by atoms with van der Waals surface area (Å²) in [5, 5.41) is 86.1. The van der Waals surface area contributed by atoms with Crippen molar-refractivity contribution in [3.8, 4) is 0 Å². The molecule has 8 N–H and O–H groups in total. The number of aliphatic hydroxyl groups excluding tert-OH is 7. The number of fused-ring (bicyclic) bond motifs is 4. The zero-order valence-corrected chi connectivity index (χ0v) is 34.1. The molecule has 0 radical (unpaired) electrons. The van der Waals surface area contributed by atoms with Crippen molar-refractivity contribution in [2.45, 2.75) is 172 Å². The molecule has 4 saturated heterocycles. The molecular weight excluding hydrogens is 728 g/mol. The van der Waals surface area contributed by atoms with Crippen molar-refractivity contribution in [1.82, 2.24) is 0 Å². The van der Waals surface area contributed by atoms with Crippen molar-refractivity contribution in [1.29, 1.82) is 0 Å². The maximum atomic E-state index is 12.3. The van der Waals surface area contributed by atoms with Crippen molar-refractivity contribution in [3.05, 3.63) is 11.6 Å². The predicted molar refractivity (Wildman–Crippen MR) is 198 cm³/mol. The third-order valence-corrected chi connectivity index (χ3v) is 17.3. The summed E-state index contributed by atoms with van der Waals surface area (Å²) in [6, 6.07) is 0. The molecule has 14 heteroatoms. The predicted octanol–water partition coefficient (Wildman–Crippen LogP) is 1.36. The lowest BCUT2D eigenvalue weighted by Crippen LogP contribution is -2.68. The average molecular weight is 797 g/mol. The molecule has 4 heterocycles. The van der Waals surface area contributed by atoms with Gasteiger partial charge in [0.05, 0.1) is 38.1 Å². The second kappa shape index (κ2) is 14.1. The van der Waals surface area contributed by atoms with Crippen LogP contribution >= 0.6 is 0 Å². The smallest absolute Gasteiger partial charge is 0.187 e. The molecule has 9 unspecified atom stereocenters. The van der Waals surface area contributed by atoms with Gasteiger partial charge in [0.2, 0.25) is 0 Å². The Hall–Kier alpha value is -0.820. The SMILES string of the molecule is CC(C)=C[C@H]1CO[C@]23C[C@]4(CO2)C(CCC2[C@@]5(C)CC[C@H](O[C@@H]6OC(CO)[C@@H](O)C(O[C@@H]7OC(CO)[C@@H](O)C(O)[C@@H]7O)[C@@H]6O)C(C)(C)C5CC[C@]24C)C3C1(C)O. The van der Waals surface area contributed by atoms with Crippen molar-refractivity contribution in [2.75, 3.05) is 26.4 Å². The van der Waals surface area contributed by atoms with Crippen LogP contribution in [0.2, 0.25) is 0 Å². The highest BCUT2D eigenvalue weighted by atomic mass is 16.7. The molecular formula is C42H68O14. The molecule has 8 fully saturated rings. The van der Waals surface area contributed by atoms with Crippen LogP contribution in [-0.2, 0) is 28.4 Å². The molecule has 4 saturated carbocycles. The van der Waals surface area contributed by atoms with Gasteiger partial charge in [-0.3, -0.25) is 0 Å². The fourth-order valence-corrected chi connectivity index (χ4v) is 14.6. The lowest BCUT2D eigenvalue weighted by Gasteiger charge is -2.70. The zero-order valence-electron chi connectivity index (χ0n) is 34.1. The lowest BCUT2D eigenvalue weighted by molar-refractivity contribution is -0.370. The van der Waals surface area contributed by atoms with Gasteiger partial charge in [-0.2, -0.15) is 0 Å². The minimum atomic E-state index is -1.75.